The molecule has 0 spiro atoms. The van der Waals surface area contributed by atoms with Crippen LogP contribution in [0, 0.1) is 18.3 Å². The molecule has 26 heavy (non-hydrogen) atoms. The van der Waals surface area contributed by atoms with E-state index in [2.05, 4.69) is 16.4 Å². The van der Waals surface area contributed by atoms with Crippen molar-refractivity contribution < 1.29 is 4.74 Å². The van der Waals surface area contributed by atoms with E-state index in [1.807, 2.05) is 67.8 Å². The zero-order chi connectivity index (χ0) is 18.4. The Morgan fingerprint density at radius 3 is 2.58 bits per heavy atom. The van der Waals surface area contributed by atoms with Crippen LogP contribution in [-0.4, -0.2) is 11.6 Å². The second-order valence-electron chi connectivity index (χ2n) is 5.68. The molecule has 0 radical (unpaired) electrons. The SMILES string of the molecule is CCOc1ccc(-c2csc(/C(C#N)=C/Nc3ccc(C)cc3)n2)cc1. The summed E-state index contributed by atoms with van der Waals surface area (Å²) in [4.78, 5) is 4.60. The van der Waals surface area contributed by atoms with E-state index in [4.69, 9.17) is 4.74 Å². The standard InChI is InChI=1S/C21H19N3OS/c1-3-25-19-10-6-16(7-11-19)20-14-26-21(24-20)17(12-22)13-23-18-8-4-15(2)5-9-18/h4-11,13-14,23H,3H2,1-2H3/b17-13+. The molecule has 3 rings (SSSR count). The molecule has 0 aliphatic heterocycles. The lowest BCUT2D eigenvalue weighted by Crippen LogP contribution is -1.91. The average molecular weight is 361 g/mol. The van der Waals surface area contributed by atoms with E-state index in [1.165, 1.54) is 16.9 Å². The zero-order valence-corrected chi connectivity index (χ0v) is 15.5. The summed E-state index contributed by atoms with van der Waals surface area (Å²) in [5.41, 5.74) is 4.49. The second kappa shape index (κ2) is 8.32. The fourth-order valence-electron chi connectivity index (χ4n) is 2.37. The first kappa shape index (κ1) is 17.7. The van der Waals surface area contributed by atoms with Gasteiger partial charge in [0.15, 0.2) is 0 Å². The molecule has 1 aromatic heterocycles. The largest absolute Gasteiger partial charge is 0.494 e. The minimum atomic E-state index is 0.507. The van der Waals surface area contributed by atoms with E-state index < -0.39 is 0 Å². The van der Waals surface area contributed by atoms with Gasteiger partial charge in [0.2, 0.25) is 0 Å². The van der Waals surface area contributed by atoms with Gasteiger partial charge in [-0.1, -0.05) is 17.7 Å². The number of hydrogen-bond acceptors (Lipinski definition) is 5. The molecule has 130 valence electrons. The van der Waals surface area contributed by atoms with Crippen molar-refractivity contribution in [3.05, 3.63) is 70.7 Å². The van der Waals surface area contributed by atoms with Gasteiger partial charge in [-0.25, -0.2) is 4.98 Å². The van der Waals surface area contributed by atoms with Crippen LogP contribution in [0.5, 0.6) is 5.75 Å². The molecule has 2 aromatic carbocycles. The summed E-state index contributed by atoms with van der Waals surface area (Å²) in [5.74, 6) is 0.839. The van der Waals surface area contributed by atoms with Crippen LogP contribution in [0.3, 0.4) is 0 Å². The molecule has 1 heterocycles. The number of aryl methyl sites for hydroxylation is 1. The van der Waals surface area contributed by atoms with Crippen LogP contribution in [0.1, 0.15) is 17.5 Å². The van der Waals surface area contributed by atoms with Crippen LogP contribution in [-0.2, 0) is 0 Å². The average Bonchev–Trinajstić information content (AvgIpc) is 3.15. The van der Waals surface area contributed by atoms with E-state index in [9.17, 15) is 5.26 Å². The number of ether oxygens (including phenoxy) is 1. The highest BCUT2D eigenvalue weighted by atomic mass is 32.1. The van der Waals surface area contributed by atoms with E-state index in [1.54, 1.807) is 6.20 Å². The number of benzene rings is 2. The van der Waals surface area contributed by atoms with E-state index in [0.717, 1.165) is 22.7 Å². The number of anilines is 1. The zero-order valence-electron chi connectivity index (χ0n) is 14.7. The van der Waals surface area contributed by atoms with Crippen LogP contribution in [0.25, 0.3) is 16.8 Å². The third kappa shape index (κ3) is 4.29. The smallest absolute Gasteiger partial charge is 0.136 e. The topological polar surface area (TPSA) is 57.9 Å². The van der Waals surface area contributed by atoms with Gasteiger partial charge in [0, 0.05) is 22.8 Å². The van der Waals surface area contributed by atoms with E-state index in [0.29, 0.717) is 17.2 Å². The van der Waals surface area contributed by atoms with Gasteiger partial charge in [-0.2, -0.15) is 5.26 Å². The lowest BCUT2D eigenvalue weighted by Gasteiger charge is -2.03. The molecule has 1 N–H and O–H groups in total. The molecule has 0 saturated heterocycles. The molecule has 0 fully saturated rings. The van der Waals surface area contributed by atoms with Crippen LogP contribution < -0.4 is 10.1 Å². The Balaban J connectivity index is 1.77. The van der Waals surface area contributed by atoms with Gasteiger partial charge in [-0.05, 0) is 50.2 Å². The summed E-state index contributed by atoms with van der Waals surface area (Å²) in [6.45, 7) is 4.64. The Kier molecular flexibility index (Phi) is 5.67. The molecule has 0 amide bonds. The Labute approximate surface area is 157 Å². The lowest BCUT2D eigenvalue weighted by atomic mass is 10.2. The van der Waals surface area contributed by atoms with Crippen molar-refractivity contribution in [3.63, 3.8) is 0 Å². The van der Waals surface area contributed by atoms with Crippen molar-refractivity contribution >= 4 is 22.6 Å². The Morgan fingerprint density at radius 2 is 1.92 bits per heavy atom. The predicted octanol–water partition coefficient (Wildman–Crippen LogP) is 5.49. The van der Waals surface area contributed by atoms with Crippen molar-refractivity contribution in [1.82, 2.24) is 4.98 Å². The lowest BCUT2D eigenvalue weighted by molar-refractivity contribution is 0.340. The quantitative estimate of drug-likeness (QED) is 0.590. The normalized spacial score (nSPS) is 11.0. The Morgan fingerprint density at radius 1 is 1.19 bits per heavy atom. The predicted molar refractivity (Wildman–Crippen MR) is 107 cm³/mol. The molecular formula is C21H19N3OS. The number of nitrogens with zero attached hydrogens (tertiary/aromatic N) is 2. The molecule has 4 nitrogen and oxygen atoms in total. The van der Waals surface area contributed by atoms with Gasteiger partial charge < -0.3 is 10.1 Å². The van der Waals surface area contributed by atoms with Gasteiger partial charge in [0.25, 0.3) is 0 Å². The first-order valence-corrected chi connectivity index (χ1v) is 9.20. The molecule has 3 aromatic rings. The minimum absolute atomic E-state index is 0.507. The van der Waals surface area contributed by atoms with E-state index >= 15 is 0 Å². The number of hydrogen-bond donors (Lipinski definition) is 1. The molecular weight excluding hydrogens is 342 g/mol. The van der Waals surface area contributed by atoms with Crippen LogP contribution >= 0.6 is 11.3 Å². The first-order valence-electron chi connectivity index (χ1n) is 8.32. The molecule has 0 bridgehead atoms. The van der Waals surface area contributed by atoms with Crippen LogP contribution in [0.15, 0.2) is 60.1 Å². The van der Waals surface area contributed by atoms with Crippen LogP contribution in [0.2, 0.25) is 0 Å². The maximum atomic E-state index is 9.47. The Bertz CT molecular complexity index is 935. The van der Waals surface area contributed by atoms with Gasteiger partial charge in [-0.15, -0.1) is 11.3 Å². The third-order valence-electron chi connectivity index (χ3n) is 3.75. The number of allylic oxidation sites excluding steroid dienone is 1. The summed E-state index contributed by atoms with van der Waals surface area (Å²) >= 11 is 1.46. The maximum Gasteiger partial charge on any atom is 0.136 e. The van der Waals surface area contributed by atoms with Gasteiger partial charge in [0.1, 0.15) is 22.4 Å². The molecule has 0 atom stereocenters. The first-order chi connectivity index (χ1) is 12.7. The highest BCUT2D eigenvalue weighted by Crippen LogP contribution is 2.27. The number of aromatic nitrogens is 1. The van der Waals surface area contributed by atoms with Crippen molar-refractivity contribution in [2.75, 3.05) is 11.9 Å². The number of nitriles is 1. The fraction of sp³-hybridized carbons (Fsp3) is 0.143. The highest BCUT2D eigenvalue weighted by Gasteiger charge is 2.09. The molecule has 5 heteroatoms. The second-order valence-corrected chi connectivity index (χ2v) is 6.53. The van der Waals surface area contributed by atoms with Crippen molar-refractivity contribution in [3.8, 4) is 23.1 Å². The van der Waals surface area contributed by atoms with Crippen molar-refractivity contribution in [2.24, 2.45) is 0 Å². The number of thiazole rings is 1. The summed E-state index contributed by atoms with van der Waals surface area (Å²) in [6, 6.07) is 18.0. The summed E-state index contributed by atoms with van der Waals surface area (Å²) in [5, 5.41) is 15.3. The molecule has 0 aliphatic rings. The maximum absolute atomic E-state index is 9.47. The fourth-order valence-corrected chi connectivity index (χ4v) is 3.16. The Hall–Kier alpha value is -3.10. The summed E-state index contributed by atoms with van der Waals surface area (Å²) < 4.78 is 5.46. The number of rotatable bonds is 6. The monoisotopic (exact) mass is 361 g/mol. The van der Waals surface area contributed by atoms with Gasteiger partial charge in [0.05, 0.1) is 12.3 Å². The minimum Gasteiger partial charge on any atom is -0.494 e. The van der Waals surface area contributed by atoms with E-state index in [-0.39, 0.29) is 0 Å². The summed E-state index contributed by atoms with van der Waals surface area (Å²) in [7, 11) is 0. The summed E-state index contributed by atoms with van der Waals surface area (Å²) in [6.07, 6.45) is 1.70. The van der Waals surface area contributed by atoms with Crippen LogP contribution in [0.4, 0.5) is 5.69 Å². The molecule has 0 aliphatic carbocycles. The van der Waals surface area contributed by atoms with Gasteiger partial charge in [-0.3, -0.25) is 0 Å². The van der Waals surface area contributed by atoms with Gasteiger partial charge >= 0.3 is 0 Å². The van der Waals surface area contributed by atoms with Crippen molar-refractivity contribution in [1.29, 1.82) is 5.26 Å². The molecule has 0 unspecified atom stereocenters. The van der Waals surface area contributed by atoms with Crippen molar-refractivity contribution in [2.45, 2.75) is 13.8 Å². The number of nitrogens with one attached hydrogen (secondary N) is 1. The molecule has 0 saturated carbocycles. The third-order valence-corrected chi connectivity index (χ3v) is 4.63. The highest BCUT2D eigenvalue weighted by molar-refractivity contribution is 7.11.